The molecule has 30 heavy (non-hydrogen) atoms. The van der Waals surface area contributed by atoms with Crippen LogP contribution in [0.4, 0.5) is 13.2 Å². The molecule has 166 valence electrons. The Labute approximate surface area is 179 Å². The van der Waals surface area contributed by atoms with E-state index >= 15 is 0 Å². The summed E-state index contributed by atoms with van der Waals surface area (Å²) < 4.78 is 72.1. The third-order valence-corrected chi connectivity index (χ3v) is 5.83. The number of nitrogens with zero attached hydrogens (tertiary/aromatic N) is 3. The van der Waals surface area contributed by atoms with Gasteiger partial charge < -0.3 is 9.26 Å². The van der Waals surface area contributed by atoms with Gasteiger partial charge in [0, 0.05) is 31.9 Å². The summed E-state index contributed by atoms with van der Waals surface area (Å²) >= 11 is 3.04. The first kappa shape index (κ1) is 24.3. The Kier molecular flexibility index (Phi) is 6.96. The third kappa shape index (κ3) is 6.24. The van der Waals surface area contributed by atoms with Gasteiger partial charge in [-0.15, -0.1) is 0 Å². The molecule has 2 heterocycles. The molecule has 0 saturated carbocycles. The van der Waals surface area contributed by atoms with Gasteiger partial charge in [0.15, 0.2) is 17.7 Å². The summed E-state index contributed by atoms with van der Waals surface area (Å²) in [5.74, 6) is -1.08. The Morgan fingerprint density at radius 3 is 2.50 bits per heavy atom. The van der Waals surface area contributed by atoms with Gasteiger partial charge in [-0.05, 0) is 22.9 Å². The van der Waals surface area contributed by atoms with Crippen LogP contribution >= 0.6 is 15.9 Å². The summed E-state index contributed by atoms with van der Waals surface area (Å²) in [7, 11) is -3.55. The summed E-state index contributed by atoms with van der Waals surface area (Å²) in [5, 5.41) is 3.74. The van der Waals surface area contributed by atoms with E-state index in [9.17, 15) is 26.4 Å². The molecule has 0 amide bonds. The van der Waals surface area contributed by atoms with Crippen molar-refractivity contribution in [2.45, 2.75) is 44.9 Å². The maximum absolute atomic E-state index is 12.8. The van der Waals surface area contributed by atoms with Crippen molar-refractivity contribution in [1.82, 2.24) is 15.1 Å². The molecule has 0 fully saturated rings. The summed E-state index contributed by atoms with van der Waals surface area (Å²) in [6, 6.07) is 1.07. The number of halogens is 4. The predicted octanol–water partition coefficient (Wildman–Crippen LogP) is 3.44. The Bertz CT molecular complexity index is 1040. The standard InChI is InChI=1S/C17H19BrF3N3O5S/c1-9(17(19,20)21)28-14-5-12(22-7-11(14)18)13(25)6-16(3,8-30(4,26)27)15-23-10(2)29-24-15/h5,7,9H,6,8H2,1-4H3/t9-,16?/m0/s1. The first-order valence-corrected chi connectivity index (χ1v) is 11.4. The smallest absolute Gasteiger partial charge is 0.425 e. The van der Waals surface area contributed by atoms with E-state index in [1.807, 2.05) is 0 Å². The van der Waals surface area contributed by atoms with E-state index in [0.717, 1.165) is 25.4 Å². The lowest BCUT2D eigenvalue weighted by atomic mass is 9.85. The highest BCUT2D eigenvalue weighted by Crippen LogP contribution is 2.32. The van der Waals surface area contributed by atoms with Crippen LogP contribution in [0.5, 0.6) is 5.75 Å². The number of aromatic nitrogens is 3. The van der Waals surface area contributed by atoms with Gasteiger partial charge in [0.2, 0.25) is 5.89 Å². The molecular weight excluding hydrogens is 495 g/mol. The van der Waals surface area contributed by atoms with Crippen LogP contribution in [-0.4, -0.2) is 53.6 Å². The van der Waals surface area contributed by atoms with E-state index in [4.69, 9.17) is 9.26 Å². The number of ether oxygens (including phenoxy) is 1. The number of rotatable bonds is 8. The van der Waals surface area contributed by atoms with Gasteiger partial charge in [-0.25, -0.2) is 8.42 Å². The van der Waals surface area contributed by atoms with Gasteiger partial charge in [-0.3, -0.25) is 9.78 Å². The quantitative estimate of drug-likeness (QED) is 0.493. The second-order valence-corrected chi connectivity index (χ2v) is 10.2. The molecule has 2 aromatic rings. The predicted molar refractivity (Wildman–Crippen MR) is 103 cm³/mol. The molecule has 0 aliphatic carbocycles. The summed E-state index contributed by atoms with van der Waals surface area (Å²) in [5.41, 5.74) is -1.53. The molecule has 2 atom stereocenters. The monoisotopic (exact) mass is 513 g/mol. The van der Waals surface area contributed by atoms with Crippen LogP contribution in [-0.2, 0) is 15.3 Å². The lowest BCUT2D eigenvalue weighted by Gasteiger charge is -2.24. The first-order chi connectivity index (χ1) is 13.6. The number of hydrogen-bond donors (Lipinski definition) is 0. The highest BCUT2D eigenvalue weighted by atomic mass is 79.9. The van der Waals surface area contributed by atoms with Crippen molar-refractivity contribution in [3.05, 3.63) is 34.1 Å². The molecule has 0 aliphatic rings. The van der Waals surface area contributed by atoms with Crippen molar-refractivity contribution < 1.29 is 35.6 Å². The van der Waals surface area contributed by atoms with E-state index in [2.05, 4.69) is 31.1 Å². The minimum absolute atomic E-state index is 0.0260. The molecule has 1 unspecified atom stereocenters. The number of Topliss-reactive ketones (excluding diaryl/α,β-unsaturated/α-hetero) is 1. The van der Waals surface area contributed by atoms with Crippen LogP contribution in [0, 0.1) is 6.92 Å². The molecular formula is C17H19BrF3N3O5S. The number of carbonyl (C=O) groups is 1. The van der Waals surface area contributed by atoms with Gasteiger partial charge in [0.1, 0.15) is 21.3 Å². The summed E-state index contributed by atoms with van der Waals surface area (Å²) in [4.78, 5) is 20.8. The van der Waals surface area contributed by atoms with E-state index in [1.54, 1.807) is 0 Å². The summed E-state index contributed by atoms with van der Waals surface area (Å²) in [6.07, 6.45) is -4.94. The zero-order valence-corrected chi connectivity index (χ0v) is 18.9. The van der Waals surface area contributed by atoms with Crippen LogP contribution in [0.3, 0.4) is 0 Å². The molecule has 13 heteroatoms. The molecule has 0 aliphatic heterocycles. The van der Waals surface area contributed by atoms with Crippen molar-refractivity contribution in [1.29, 1.82) is 0 Å². The minimum Gasteiger partial charge on any atom is -0.480 e. The fourth-order valence-electron chi connectivity index (χ4n) is 2.68. The fraction of sp³-hybridized carbons (Fsp3) is 0.529. The maximum atomic E-state index is 12.8. The van der Waals surface area contributed by atoms with Crippen LogP contribution in [0.15, 0.2) is 21.3 Å². The highest BCUT2D eigenvalue weighted by molar-refractivity contribution is 9.10. The summed E-state index contributed by atoms with van der Waals surface area (Å²) in [6.45, 7) is 3.83. The molecule has 2 aromatic heterocycles. The highest BCUT2D eigenvalue weighted by Gasteiger charge is 2.40. The van der Waals surface area contributed by atoms with Gasteiger partial charge in [-0.1, -0.05) is 12.1 Å². The number of carbonyl (C=O) groups excluding carboxylic acids is 1. The van der Waals surface area contributed by atoms with Gasteiger partial charge in [0.05, 0.1) is 15.6 Å². The second-order valence-electron chi connectivity index (χ2n) is 7.17. The fourth-order valence-corrected chi connectivity index (χ4v) is 4.38. The van der Waals surface area contributed by atoms with Crippen molar-refractivity contribution in [2.75, 3.05) is 12.0 Å². The largest absolute Gasteiger partial charge is 0.480 e. The number of sulfone groups is 1. The third-order valence-electron chi connectivity index (χ3n) is 4.07. The van der Waals surface area contributed by atoms with Crippen molar-refractivity contribution in [2.24, 2.45) is 0 Å². The van der Waals surface area contributed by atoms with Gasteiger partial charge in [-0.2, -0.15) is 18.2 Å². The average Bonchev–Trinajstić information content (AvgIpc) is 3.01. The molecule has 0 N–H and O–H groups in total. The van der Waals surface area contributed by atoms with Crippen molar-refractivity contribution in [3.63, 3.8) is 0 Å². The molecule has 0 aromatic carbocycles. The first-order valence-electron chi connectivity index (χ1n) is 8.51. The van der Waals surface area contributed by atoms with Crippen molar-refractivity contribution >= 4 is 31.6 Å². The maximum Gasteiger partial charge on any atom is 0.425 e. The molecule has 0 saturated heterocycles. The SMILES string of the molecule is Cc1nc(C(C)(CC(=O)c2cc(O[C@@H](C)C(F)(F)F)c(Br)cn2)CS(C)(=O)=O)no1. The van der Waals surface area contributed by atoms with Crippen LogP contribution in [0.1, 0.15) is 42.5 Å². The van der Waals surface area contributed by atoms with E-state index in [0.29, 0.717) is 0 Å². The Morgan fingerprint density at radius 2 is 2.00 bits per heavy atom. The molecule has 8 nitrogen and oxygen atoms in total. The number of pyridine rings is 1. The number of hydrogen-bond acceptors (Lipinski definition) is 8. The average molecular weight is 514 g/mol. The zero-order valence-electron chi connectivity index (χ0n) is 16.4. The molecule has 0 radical (unpaired) electrons. The molecule has 2 rings (SSSR count). The number of ketones is 1. The van der Waals surface area contributed by atoms with Gasteiger partial charge in [0.25, 0.3) is 0 Å². The Hall–Kier alpha value is -2.02. The zero-order chi connectivity index (χ0) is 22.9. The Morgan fingerprint density at radius 1 is 1.37 bits per heavy atom. The molecule has 0 spiro atoms. The van der Waals surface area contributed by atoms with E-state index in [-0.39, 0.29) is 34.1 Å². The number of aryl methyl sites for hydroxylation is 1. The second kappa shape index (κ2) is 8.61. The number of alkyl halides is 3. The normalized spacial score (nSPS) is 15.5. The minimum atomic E-state index is -4.60. The Balaban J connectivity index is 2.35. The van der Waals surface area contributed by atoms with E-state index in [1.165, 1.54) is 13.8 Å². The molecule has 0 bridgehead atoms. The lowest BCUT2D eigenvalue weighted by molar-refractivity contribution is -0.189. The van der Waals surface area contributed by atoms with Crippen LogP contribution in [0.2, 0.25) is 0 Å². The van der Waals surface area contributed by atoms with E-state index < -0.39 is 39.1 Å². The van der Waals surface area contributed by atoms with Crippen molar-refractivity contribution in [3.8, 4) is 5.75 Å². The van der Waals surface area contributed by atoms with Crippen LogP contribution < -0.4 is 4.74 Å². The van der Waals surface area contributed by atoms with Crippen LogP contribution in [0.25, 0.3) is 0 Å². The van der Waals surface area contributed by atoms with Gasteiger partial charge >= 0.3 is 6.18 Å². The topological polar surface area (TPSA) is 112 Å². The lowest BCUT2D eigenvalue weighted by Crippen LogP contribution is -2.35.